The van der Waals surface area contributed by atoms with Gasteiger partial charge in [0.15, 0.2) is 9.84 Å². The molecule has 1 aliphatic rings. The average molecular weight is 291 g/mol. The largest absolute Gasteiger partial charge is 0.358 e. The second kappa shape index (κ2) is 6.19. The quantitative estimate of drug-likeness (QED) is 0.710. The van der Waals surface area contributed by atoms with Crippen LogP contribution in [0, 0.1) is 0 Å². The molecule has 0 spiro atoms. The molecule has 1 fully saturated rings. The normalized spacial score (nSPS) is 22.2. The van der Waals surface area contributed by atoms with Crippen LogP contribution < -0.4 is 10.6 Å². The summed E-state index contributed by atoms with van der Waals surface area (Å²) < 4.78 is 23.4. The van der Waals surface area contributed by atoms with Gasteiger partial charge in [-0.2, -0.15) is 0 Å². The van der Waals surface area contributed by atoms with Crippen LogP contribution in [-0.2, 0) is 14.6 Å². The molecule has 0 radical (unpaired) electrons. The Labute approximate surface area is 115 Å². The molecule has 1 heterocycles. The Hall–Kier alpha value is -0.660. The fourth-order valence-corrected chi connectivity index (χ4v) is 3.07. The maximum absolute atomic E-state index is 12.1. The van der Waals surface area contributed by atoms with Crippen LogP contribution in [0.3, 0.4) is 0 Å². The van der Waals surface area contributed by atoms with Gasteiger partial charge in [-0.05, 0) is 20.8 Å². The number of carbonyl (C=O) groups is 1. The van der Waals surface area contributed by atoms with Crippen molar-refractivity contribution in [3.63, 3.8) is 0 Å². The highest BCUT2D eigenvalue weighted by atomic mass is 32.2. The molecule has 0 bridgehead atoms. The second-order valence-electron chi connectivity index (χ2n) is 5.80. The van der Waals surface area contributed by atoms with E-state index in [4.69, 9.17) is 0 Å². The van der Waals surface area contributed by atoms with Crippen LogP contribution in [0.5, 0.6) is 0 Å². The van der Waals surface area contributed by atoms with Crippen molar-refractivity contribution in [3.05, 3.63) is 0 Å². The maximum atomic E-state index is 12.1. The molecule has 1 rings (SSSR count). The Morgan fingerprint density at radius 2 is 2.05 bits per heavy atom. The highest BCUT2D eigenvalue weighted by Crippen LogP contribution is 2.16. The van der Waals surface area contributed by atoms with Crippen molar-refractivity contribution in [2.24, 2.45) is 0 Å². The van der Waals surface area contributed by atoms with Gasteiger partial charge in [0.2, 0.25) is 5.91 Å². The molecular formula is C12H25N3O3S. The monoisotopic (exact) mass is 291 g/mol. The number of hydrogen-bond donors (Lipinski definition) is 2. The predicted octanol–water partition coefficient (Wildman–Crippen LogP) is -0.780. The smallest absolute Gasteiger partial charge is 0.238 e. The first-order chi connectivity index (χ1) is 8.69. The number of rotatable bonds is 4. The zero-order valence-corrected chi connectivity index (χ0v) is 13.0. The molecule has 1 unspecified atom stereocenters. The molecule has 1 saturated heterocycles. The van der Waals surface area contributed by atoms with Crippen LogP contribution in [0.4, 0.5) is 0 Å². The summed E-state index contributed by atoms with van der Waals surface area (Å²) in [6, 6.07) is -0.283. The topological polar surface area (TPSA) is 78.5 Å². The molecule has 1 amide bonds. The van der Waals surface area contributed by atoms with Crippen LogP contribution >= 0.6 is 0 Å². The third-order valence-corrected chi connectivity index (χ3v) is 6.07. The molecule has 6 nitrogen and oxygen atoms in total. The minimum Gasteiger partial charge on any atom is -0.358 e. The lowest BCUT2D eigenvalue weighted by Gasteiger charge is -2.35. The average Bonchev–Trinajstić information content (AvgIpc) is 2.34. The summed E-state index contributed by atoms with van der Waals surface area (Å²) in [6.07, 6.45) is 0. The Bertz CT molecular complexity index is 414. The molecule has 19 heavy (non-hydrogen) atoms. The zero-order valence-electron chi connectivity index (χ0n) is 12.2. The molecule has 0 aromatic rings. The van der Waals surface area contributed by atoms with Crippen LogP contribution in [0.1, 0.15) is 20.8 Å². The van der Waals surface area contributed by atoms with Gasteiger partial charge in [-0.3, -0.25) is 9.69 Å². The van der Waals surface area contributed by atoms with E-state index in [2.05, 4.69) is 10.6 Å². The van der Waals surface area contributed by atoms with Gasteiger partial charge < -0.3 is 10.6 Å². The minimum atomic E-state index is -3.15. The lowest BCUT2D eigenvalue weighted by Crippen LogP contribution is -2.58. The third-order valence-electron chi connectivity index (χ3n) is 3.48. The summed E-state index contributed by atoms with van der Waals surface area (Å²) in [6.45, 7) is 7.55. The zero-order chi connectivity index (χ0) is 14.7. The van der Waals surface area contributed by atoms with E-state index in [0.29, 0.717) is 19.6 Å². The van der Waals surface area contributed by atoms with Crippen LogP contribution in [-0.4, -0.2) is 69.0 Å². The molecule has 2 N–H and O–H groups in total. The number of nitrogens with zero attached hydrogens (tertiary/aromatic N) is 1. The Balaban J connectivity index is 2.67. The molecule has 0 saturated carbocycles. The van der Waals surface area contributed by atoms with Gasteiger partial charge in [-0.1, -0.05) is 0 Å². The fraction of sp³-hybridized carbons (Fsp3) is 0.917. The SMILES string of the molecule is CNC(=O)C1CNCCN1CCS(=O)(=O)C(C)(C)C. The van der Waals surface area contributed by atoms with E-state index in [1.165, 1.54) is 0 Å². The Morgan fingerprint density at radius 1 is 1.42 bits per heavy atom. The number of sulfone groups is 1. The molecule has 0 aliphatic carbocycles. The van der Waals surface area contributed by atoms with Crippen molar-refractivity contribution in [1.29, 1.82) is 0 Å². The van der Waals surface area contributed by atoms with E-state index in [-0.39, 0.29) is 17.7 Å². The summed E-state index contributed by atoms with van der Waals surface area (Å²) in [5, 5.41) is 5.78. The lowest BCUT2D eigenvalue weighted by atomic mass is 10.2. The first-order valence-electron chi connectivity index (χ1n) is 6.57. The molecule has 7 heteroatoms. The summed E-state index contributed by atoms with van der Waals surface area (Å²) >= 11 is 0. The molecule has 1 aliphatic heterocycles. The first kappa shape index (κ1) is 16.4. The second-order valence-corrected chi connectivity index (χ2v) is 8.66. The van der Waals surface area contributed by atoms with Gasteiger partial charge in [-0.15, -0.1) is 0 Å². The predicted molar refractivity (Wildman–Crippen MR) is 75.8 cm³/mol. The Kier molecular flexibility index (Phi) is 5.34. The molecule has 0 aromatic heterocycles. The molecule has 0 aromatic carbocycles. The molecule has 1 atom stereocenters. The Morgan fingerprint density at radius 3 is 2.58 bits per heavy atom. The number of amides is 1. The minimum absolute atomic E-state index is 0.0691. The van der Waals surface area contributed by atoms with Gasteiger partial charge in [0.1, 0.15) is 6.04 Å². The van der Waals surface area contributed by atoms with E-state index >= 15 is 0 Å². The fourth-order valence-electron chi connectivity index (χ4n) is 1.98. The van der Waals surface area contributed by atoms with Crippen molar-refractivity contribution in [2.45, 2.75) is 31.6 Å². The van der Waals surface area contributed by atoms with E-state index in [9.17, 15) is 13.2 Å². The van der Waals surface area contributed by atoms with Crippen LogP contribution in [0.15, 0.2) is 0 Å². The molecular weight excluding hydrogens is 266 g/mol. The summed E-state index contributed by atoms with van der Waals surface area (Å²) in [5.74, 6) is 0.0182. The van der Waals surface area contributed by atoms with Gasteiger partial charge in [0.05, 0.1) is 10.5 Å². The van der Waals surface area contributed by atoms with Crippen molar-refractivity contribution in [1.82, 2.24) is 15.5 Å². The van der Waals surface area contributed by atoms with Gasteiger partial charge >= 0.3 is 0 Å². The summed E-state index contributed by atoms with van der Waals surface area (Å²) in [4.78, 5) is 13.7. The summed E-state index contributed by atoms with van der Waals surface area (Å²) in [7, 11) is -1.55. The number of carbonyl (C=O) groups excluding carboxylic acids is 1. The van der Waals surface area contributed by atoms with Gasteiger partial charge in [-0.25, -0.2) is 8.42 Å². The van der Waals surface area contributed by atoms with E-state index in [0.717, 1.165) is 6.54 Å². The van der Waals surface area contributed by atoms with Gasteiger partial charge in [0, 0.05) is 33.2 Å². The highest BCUT2D eigenvalue weighted by molar-refractivity contribution is 7.92. The van der Waals surface area contributed by atoms with E-state index < -0.39 is 14.6 Å². The lowest BCUT2D eigenvalue weighted by molar-refractivity contribution is -0.126. The van der Waals surface area contributed by atoms with Crippen molar-refractivity contribution in [2.75, 3.05) is 39.0 Å². The number of piperazine rings is 1. The van der Waals surface area contributed by atoms with Gasteiger partial charge in [0.25, 0.3) is 0 Å². The maximum Gasteiger partial charge on any atom is 0.238 e. The summed E-state index contributed by atoms with van der Waals surface area (Å²) in [5.41, 5.74) is 0. The van der Waals surface area contributed by atoms with E-state index in [1.54, 1.807) is 27.8 Å². The van der Waals surface area contributed by atoms with Crippen molar-refractivity contribution < 1.29 is 13.2 Å². The van der Waals surface area contributed by atoms with E-state index in [1.807, 2.05) is 4.90 Å². The van der Waals surface area contributed by atoms with Crippen LogP contribution in [0.25, 0.3) is 0 Å². The molecule has 112 valence electrons. The highest BCUT2D eigenvalue weighted by Gasteiger charge is 2.32. The number of hydrogen-bond acceptors (Lipinski definition) is 5. The van der Waals surface area contributed by atoms with Crippen molar-refractivity contribution >= 4 is 15.7 Å². The number of likely N-dealkylation sites (N-methyl/N-ethyl adjacent to an activating group) is 1. The standard InChI is InChI=1S/C12H25N3O3S/c1-12(2,3)19(17,18)8-7-15-6-5-14-9-10(15)11(16)13-4/h10,14H,5-9H2,1-4H3,(H,13,16). The first-order valence-corrected chi connectivity index (χ1v) is 8.23. The number of nitrogens with one attached hydrogen (secondary N) is 2. The van der Waals surface area contributed by atoms with Crippen LogP contribution in [0.2, 0.25) is 0 Å². The third kappa shape index (κ3) is 4.15. The van der Waals surface area contributed by atoms with Crippen molar-refractivity contribution in [3.8, 4) is 0 Å².